The van der Waals surface area contributed by atoms with Crippen molar-refractivity contribution in [2.75, 3.05) is 13.7 Å². The van der Waals surface area contributed by atoms with E-state index in [0.717, 1.165) is 16.9 Å². The molecule has 0 fully saturated rings. The number of hydrogen-bond acceptors (Lipinski definition) is 4. The molecular weight excluding hydrogens is 240 g/mol. The van der Waals surface area contributed by atoms with Crippen LogP contribution in [0.3, 0.4) is 0 Å². The van der Waals surface area contributed by atoms with Gasteiger partial charge in [-0.3, -0.25) is 0 Å². The van der Waals surface area contributed by atoms with Crippen molar-refractivity contribution in [3.8, 4) is 11.6 Å². The second kappa shape index (κ2) is 6.20. The van der Waals surface area contributed by atoms with E-state index in [1.807, 2.05) is 43.3 Å². The summed E-state index contributed by atoms with van der Waals surface area (Å²) < 4.78 is 10.9. The lowest BCUT2D eigenvalue weighted by Gasteiger charge is -2.18. The maximum absolute atomic E-state index is 6.32. The molecule has 2 rings (SSSR count). The van der Waals surface area contributed by atoms with Crippen LogP contribution in [0.1, 0.15) is 24.1 Å². The van der Waals surface area contributed by atoms with E-state index in [1.54, 1.807) is 13.3 Å². The van der Waals surface area contributed by atoms with Crippen molar-refractivity contribution in [1.82, 2.24) is 4.98 Å². The lowest BCUT2D eigenvalue weighted by molar-refractivity contribution is 0.334. The molecule has 1 aromatic carbocycles. The Labute approximate surface area is 113 Å². The molecule has 2 N–H and O–H groups in total. The molecule has 100 valence electrons. The van der Waals surface area contributed by atoms with Crippen LogP contribution in [0, 0.1) is 0 Å². The predicted octanol–water partition coefficient (Wildman–Crippen LogP) is 2.54. The first-order chi connectivity index (χ1) is 9.27. The zero-order valence-electron chi connectivity index (χ0n) is 11.2. The first-order valence-electron chi connectivity index (χ1n) is 6.24. The topological polar surface area (TPSA) is 57.4 Å². The minimum absolute atomic E-state index is 0.327. The van der Waals surface area contributed by atoms with Crippen molar-refractivity contribution in [3.05, 3.63) is 53.7 Å². The normalized spacial score (nSPS) is 11.9. The Kier molecular flexibility index (Phi) is 4.36. The zero-order chi connectivity index (χ0) is 13.7. The van der Waals surface area contributed by atoms with E-state index in [-0.39, 0.29) is 6.04 Å². The molecule has 1 aromatic heterocycles. The second-order valence-corrected chi connectivity index (χ2v) is 4.05. The van der Waals surface area contributed by atoms with Gasteiger partial charge in [0.1, 0.15) is 5.75 Å². The van der Waals surface area contributed by atoms with Gasteiger partial charge in [0.2, 0.25) is 5.88 Å². The van der Waals surface area contributed by atoms with Gasteiger partial charge in [0.25, 0.3) is 0 Å². The maximum Gasteiger partial charge on any atom is 0.218 e. The quantitative estimate of drug-likeness (QED) is 0.895. The van der Waals surface area contributed by atoms with Crippen molar-refractivity contribution < 1.29 is 9.47 Å². The third kappa shape index (κ3) is 2.85. The van der Waals surface area contributed by atoms with E-state index in [0.29, 0.717) is 12.5 Å². The summed E-state index contributed by atoms with van der Waals surface area (Å²) in [6.45, 7) is 2.56. The van der Waals surface area contributed by atoms with Crippen LogP contribution >= 0.6 is 0 Å². The lowest BCUT2D eigenvalue weighted by Crippen LogP contribution is -2.15. The maximum atomic E-state index is 6.32. The molecule has 2 aromatic rings. The summed E-state index contributed by atoms with van der Waals surface area (Å²) in [5.41, 5.74) is 8.09. The van der Waals surface area contributed by atoms with Crippen LogP contribution in [-0.2, 0) is 0 Å². The molecule has 0 aliphatic carbocycles. The molecule has 0 amide bonds. The minimum atomic E-state index is -0.327. The predicted molar refractivity (Wildman–Crippen MR) is 74.4 cm³/mol. The molecule has 0 radical (unpaired) electrons. The number of para-hydroxylation sites is 1. The second-order valence-electron chi connectivity index (χ2n) is 4.05. The Hall–Kier alpha value is -2.07. The van der Waals surface area contributed by atoms with Gasteiger partial charge >= 0.3 is 0 Å². The molecule has 0 aliphatic heterocycles. The fraction of sp³-hybridized carbons (Fsp3) is 0.267. The molecular formula is C15H18N2O2. The number of benzene rings is 1. The summed E-state index contributed by atoms with van der Waals surface area (Å²) in [5, 5.41) is 0. The largest absolute Gasteiger partial charge is 0.494 e. The SMILES string of the molecule is CCOc1ccccc1C(N)c1cccnc1OC. The van der Waals surface area contributed by atoms with Gasteiger partial charge in [-0.25, -0.2) is 4.98 Å². The third-order valence-electron chi connectivity index (χ3n) is 2.88. The first kappa shape index (κ1) is 13.4. The highest BCUT2D eigenvalue weighted by Crippen LogP contribution is 2.31. The molecule has 19 heavy (non-hydrogen) atoms. The molecule has 4 nitrogen and oxygen atoms in total. The van der Waals surface area contributed by atoms with E-state index in [1.165, 1.54) is 0 Å². The highest BCUT2D eigenvalue weighted by molar-refractivity contribution is 5.43. The van der Waals surface area contributed by atoms with Crippen LogP contribution in [0.5, 0.6) is 11.6 Å². The van der Waals surface area contributed by atoms with Crippen LogP contribution in [0.2, 0.25) is 0 Å². The van der Waals surface area contributed by atoms with Gasteiger partial charge in [-0.1, -0.05) is 24.3 Å². The molecule has 1 heterocycles. The average Bonchev–Trinajstić information content (AvgIpc) is 2.47. The number of nitrogens with two attached hydrogens (primary N) is 1. The van der Waals surface area contributed by atoms with E-state index in [4.69, 9.17) is 15.2 Å². The zero-order valence-corrected chi connectivity index (χ0v) is 11.2. The number of pyridine rings is 1. The van der Waals surface area contributed by atoms with Crippen LogP contribution < -0.4 is 15.2 Å². The van der Waals surface area contributed by atoms with E-state index in [9.17, 15) is 0 Å². The monoisotopic (exact) mass is 258 g/mol. The Morgan fingerprint density at radius 2 is 1.89 bits per heavy atom. The smallest absolute Gasteiger partial charge is 0.218 e. The van der Waals surface area contributed by atoms with Crippen molar-refractivity contribution in [2.45, 2.75) is 13.0 Å². The van der Waals surface area contributed by atoms with Gasteiger partial charge in [0.05, 0.1) is 19.8 Å². The summed E-state index contributed by atoms with van der Waals surface area (Å²) >= 11 is 0. The van der Waals surface area contributed by atoms with Crippen molar-refractivity contribution in [3.63, 3.8) is 0 Å². The number of methoxy groups -OCH3 is 1. The highest BCUT2D eigenvalue weighted by atomic mass is 16.5. The van der Waals surface area contributed by atoms with Crippen LogP contribution in [0.4, 0.5) is 0 Å². The fourth-order valence-corrected chi connectivity index (χ4v) is 2.00. The Morgan fingerprint density at radius 3 is 2.63 bits per heavy atom. The van der Waals surface area contributed by atoms with E-state index in [2.05, 4.69) is 4.98 Å². The molecule has 0 saturated heterocycles. The number of ether oxygens (including phenoxy) is 2. The van der Waals surface area contributed by atoms with Crippen LogP contribution in [0.25, 0.3) is 0 Å². The Bertz CT molecular complexity index is 543. The van der Waals surface area contributed by atoms with Gasteiger partial charge in [-0.15, -0.1) is 0 Å². The molecule has 4 heteroatoms. The van der Waals surface area contributed by atoms with Gasteiger partial charge in [0, 0.05) is 17.3 Å². The van der Waals surface area contributed by atoms with Crippen LogP contribution in [0.15, 0.2) is 42.6 Å². The molecule has 1 atom stereocenters. The molecule has 0 spiro atoms. The average molecular weight is 258 g/mol. The fourth-order valence-electron chi connectivity index (χ4n) is 2.00. The molecule has 1 unspecified atom stereocenters. The minimum Gasteiger partial charge on any atom is -0.494 e. The van der Waals surface area contributed by atoms with Gasteiger partial charge in [0.15, 0.2) is 0 Å². The van der Waals surface area contributed by atoms with Crippen molar-refractivity contribution >= 4 is 0 Å². The van der Waals surface area contributed by atoms with Crippen molar-refractivity contribution in [1.29, 1.82) is 0 Å². The van der Waals surface area contributed by atoms with Gasteiger partial charge in [-0.2, -0.15) is 0 Å². The van der Waals surface area contributed by atoms with Crippen LogP contribution in [-0.4, -0.2) is 18.7 Å². The van der Waals surface area contributed by atoms with Gasteiger partial charge < -0.3 is 15.2 Å². The molecule has 0 aliphatic rings. The Morgan fingerprint density at radius 1 is 1.16 bits per heavy atom. The number of nitrogens with zero attached hydrogens (tertiary/aromatic N) is 1. The van der Waals surface area contributed by atoms with E-state index < -0.39 is 0 Å². The third-order valence-corrected chi connectivity index (χ3v) is 2.88. The number of rotatable bonds is 5. The highest BCUT2D eigenvalue weighted by Gasteiger charge is 2.18. The first-order valence-corrected chi connectivity index (χ1v) is 6.24. The Balaban J connectivity index is 2.41. The standard InChI is InChI=1S/C15H18N2O2/c1-3-19-13-9-5-4-7-11(13)14(16)12-8-6-10-17-15(12)18-2/h4-10,14H,3,16H2,1-2H3. The number of aromatic nitrogens is 1. The van der Waals surface area contributed by atoms with Gasteiger partial charge in [-0.05, 0) is 19.1 Å². The summed E-state index contributed by atoms with van der Waals surface area (Å²) in [6, 6.07) is 11.2. The summed E-state index contributed by atoms with van der Waals surface area (Å²) in [4.78, 5) is 4.18. The molecule has 0 saturated carbocycles. The lowest BCUT2D eigenvalue weighted by atomic mass is 9.99. The van der Waals surface area contributed by atoms with E-state index >= 15 is 0 Å². The summed E-state index contributed by atoms with van der Waals surface area (Å²) in [6.07, 6.45) is 1.68. The van der Waals surface area contributed by atoms with Crippen molar-refractivity contribution in [2.24, 2.45) is 5.73 Å². The number of hydrogen-bond donors (Lipinski definition) is 1. The summed E-state index contributed by atoms with van der Waals surface area (Å²) in [5.74, 6) is 1.34. The molecule has 0 bridgehead atoms. The summed E-state index contributed by atoms with van der Waals surface area (Å²) in [7, 11) is 1.59.